The van der Waals surface area contributed by atoms with Crippen molar-refractivity contribution in [2.75, 3.05) is 25.1 Å². The van der Waals surface area contributed by atoms with E-state index in [9.17, 15) is 0 Å². The molecule has 4 heteroatoms. The van der Waals surface area contributed by atoms with Crippen LogP contribution < -0.4 is 31.3 Å². The molecular formula is C41H41BN2O. The molecule has 1 aromatic heterocycles. The van der Waals surface area contributed by atoms with Crippen LogP contribution in [0.3, 0.4) is 0 Å². The first kappa shape index (κ1) is 31.2. The second-order valence-corrected chi connectivity index (χ2v) is 11.4. The summed E-state index contributed by atoms with van der Waals surface area (Å²) in [5, 5.41) is 8.93. The zero-order valence-corrected chi connectivity index (χ0v) is 26.2. The fraction of sp³-hybridized carbons (Fsp3) is 0.0976. The molecule has 0 saturated carbocycles. The van der Waals surface area contributed by atoms with Crippen LogP contribution in [-0.4, -0.2) is 31.5 Å². The maximum absolute atomic E-state index is 8.93. The monoisotopic (exact) mass is 588 g/mol. The van der Waals surface area contributed by atoms with Crippen LogP contribution in [0.1, 0.15) is 11.1 Å². The Hall–Kier alpha value is -5.19. The van der Waals surface area contributed by atoms with E-state index in [1.165, 1.54) is 33.0 Å². The van der Waals surface area contributed by atoms with Crippen molar-refractivity contribution in [2.24, 2.45) is 7.05 Å². The molecule has 0 aliphatic heterocycles. The molecule has 0 spiro atoms. The Kier molecular flexibility index (Phi) is 10.8. The van der Waals surface area contributed by atoms with Gasteiger partial charge in [0.25, 0.3) is 0 Å². The highest BCUT2D eigenvalue weighted by molar-refractivity contribution is 7.19. The summed E-state index contributed by atoms with van der Waals surface area (Å²) in [4.78, 5) is 2.03. The molecule has 0 amide bonds. The number of benzene rings is 5. The first-order valence-corrected chi connectivity index (χ1v) is 15.5. The Morgan fingerprint density at radius 2 is 0.889 bits per heavy atom. The third-order valence-corrected chi connectivity index (χ3v) is 8.44. The Labute approximate surface area is 268 Å². The molecule has 1 N–H and O–H groups in total. The molecule has 0 fully saturated rings. The van der Waals surface area contributed by atoms with Crippen molar-refractivity contribution in [3.63, 3.8) is 0 Å². The zero-order chi connectivity index (χ0) is 31.3. The van der Waals surface area contributed by atoms with Crippen LogP contribution in [-0.2, 0) is 7.05 Å². The van der Waals surface area contributed by atoms with Gasteiger partial charge >= 0.3 is 0 Å². The van der Waals surface area contributed by atoms with Crippen LogP contribution >= 0.6 is 0 Å². The highest BCUT2D eigenvalue weighted by Crippen LogP contribution is 2.15. The third-order valence-electron chi connectivity index (χ3n) is 8.44. The van der Waals surface area contributed by atoms with E-state index in [0.29, 0.717) is 6.54 Å². The fourth-order valence-electron chi connectivity index (χ4n) is 6.06. The predicted molar refractivity (Wildman–Crippen MR) is 193 cm³/mol. The van der Waals surface area contributed by atoms with E-state index in [-0.39, 0.29) is 6.61 Å². The highest BCUT2D eigenvalue weighted by atomic mass is 16.3. The van der Waals surface area contributed by atoms with Gasteiger partial charge in [-0.1, -0.05) is 146 Å². The number of rotatable bonds is 9. The smallest absolute Gasteiger partial charge is 0.169 e. The quantitative estimate of drug-likeness (QED) is 0.186. The van der Waals surface area contributed by atoms with Gasteiger partial charge in [0.05, 0.1) is 6.61 Å². The molecule has 224 valence electrons. The van der Waals surface area contributed by atoms with E-state index in [4.69, 9.17) is 5.11 Å². The molecule has 6 aromatic rings. The van der Waals surface area contributed by atoms with Gasteiger partial charge in [0.2, 0.25) is 0 Å². The lowest BCUT2D eigenvalue weighted by Crippen LogP contribution is -2.74. The molecule has 1 heterocycles. The maximum Gasteiger partial charge on any atom is 0.169 e. The van der Waals surface area contributed by atoms with E-state index in [0.717, 1.165) is 5.69 Å². The van der Waals surface area contributed by atoms with E-state index in [1.807, 2.05) is 36.0 Å². The lowest BCUT2D eigenvalue weighted by Gasteiger charge is -2.44. The average molecular weight is 589 g/mol. The summed E-state index contributed by atoms with van der Waals surface area (Å²) < 4.78 is 2.02. The molecule has 6 rings (SSSR count). The number of aliphatic hydroxyl groups excluding tert-OH is 1. The topological polar surface area (TPSA) is 27.3 Å². The van der Waals surface area contributed by atoms with E-state index < -0.39 is 6.15 Å². The first-order valence-electron chi connectivity index (χ1n) is 15.5. The normalized spacial score (nSPS) is 11.1. The molecule has 0 aliphatic carbocycles. The summed E-state index contributed by atoms with van der Waals surface area (Å²) >= 11 is 0. The molecule has 3 nitrogen and oxygen atoms in total. The van der Waals surface area contributed by atoms with Gasteiger partial charge in [-0.3, -0.25) is 0 Å². The molecule has 5 aromatic carbocycles. The van der Waals surface area contributed by atoms with Gasteiger partial charge in [-0.05, 0) is 23.3 Å². The van der Waals surface area contributed by atoms with Crippen LogP contribution in [0.2, 0.25) is 0 Å². The minimum atomic E-state index is -1.22. The largest absolute Gasteiger partial charge is 0.395 e. The lowest BCUT2D eigenvalue weighted by molar-refractivity contribution is -0.671. The number of anilines is 1. The van der Waals surface area contributed by atoms with Crippen molar-refractivity contribution in [2.45, 2.75) is 0 Å². The molecule has 0 unspecified atom stereocenters. The van der Waals surface area contributed by atoms with Crippen molar-refractivity contribution >= 4 is 45.8 Å². The molecule has 45 heavy (non-hydrogen) atoms. The summed E-state index contributed by atoms with van der Waals surface area (Å²) in [6.45, 7) is 0.819. The SMILES string of the molecule is CN(CCO)c1ccc(/C=C/c2cc[n+](C)cc2)cc1.c1ccc([B-](c2ccccc2)(c2ccccc2)c2ccccc2)cc1. The van der Waals surface area contributed by atoms with Crippen LogP contribution in [0.4, 0.5) is 5.69 Å². The van der Waals surface area contributed by atoms with E-state index in [2.05, 4.69) is 170 Å². The van der Waals surface area contributed by atoms with Crippen LogP contribution in [0.5, 0.6) is 0 Å². The maximum atomic E-state index is 8.93. The number of hydrogen-bond donors (Lipinski definition) is 1. The van der Waals surface area contributed by atoms with Gasteiger partial charge in [-0.2, -0.15) is 21.9 Å². The van der Waals surface area contributed by atoms with Crippen molar-refractivity contribution < 1.29 is 9.67 Å². The van der Waals surface area contributed by atoms with Gasteiger partial charge in [0, 0.05) is 31.4 Å². The van der Waals surface area contributed by atoms with Crippen molar-refractivity contribution in [1.82, 2.24) is 0 Å². The van der Waals surface area contributed by atoms with Crippen LogP contribution in [0, 0.1) is 0 Å². The number of likely N-dealkylation sites (N-methyl/N-ethyl adjacent to an activating group) is 1. The van der Waals surface area contributed by atoms with Gasteiger partial charge in [0.15, 0.2) is 12.4 Å². The molecule has 0 aliphatic rings. The summed E-state index contributed by atoms with van der Waals surface area (Å²) in [7, 11) is 3.99. The number of pyridine rings is 1. The van der Waals surface area contributed by atoms with Crippen LogP contribution in [0.15, 0.2) is 170 Å². The minimum Gasteiger partial charge on any atom is -0.395 e. The van der Waals surface area contributed by atoms with Gasteiger partial charge in [0.1, 0.15) is 13.2 Å². The van der Waals surface area contributed by atoms with Crippen molar-refractivity contribution in [3.05, 3.63) is 181 Å². The number of nitrogens with zero attached hydrogens (tertiary/aromatic N) is 2. The Bertz CT molecular complexity index is 1580. The molecule has 0 saturated heterocycles. The summed E-state index contributed by atoms with van der Waals surface area (Å²) in [5.41, 5.74) is 8.82. The highest BCUT2D eigenvalue weighted by Gasteiger charge is 2.31. The Balaban J connectivity index is 0.000000183. The number of hydrogen-bond acceptors (Lipinski definition) is 2. The fourth-order valence-corrected chi connectivity index (χ4v) is 6.06. The Morgan fingerprint density at radius 3 is 1.24 bits per heavy atom. The van der Waals surface area contributed by atoms with Crippen molar-refractivity contribution in [1.29, 1.82) is 0 Å². The Morgan fingerprint density at radius 1 is 0.533 bits per heavy atom. The summed E-state index contributed by atoms with van der Waals surface area (Å²) in [5.74, 6) is 0. The van der Waals surface area contributed by atoms with E-state index >= 15 is 0 Å². The zero-order valence-electron chi connectivity index (χ0n) is 26.2. The molecule has 0 radical (unpaired) electrons. The minimum absolute atomic E-state index is 0.170. The van der Waals surface area contributed by atoms with Gasteiger partial charge < -0.3 is 10.0 Å². The second-order valence-electron chi connectivity index (χ2n) is 11.4. The lowest BCUT2D eigenvalue weighted by atomic mass is 9.13. The average Bonchev–Trinajstić information content (AvgIpc) is 3.11. The number of aromatic nitrogens is 1. The second kappa shape index (κ2) is 15.5. The molecular weight excluding hydrogens is 547 g/mol. The third kappa shape index (κ3) is 7.67. The molecule has 0 bridgehead atoms. The number of aliphatic hydroxyl groups is 1. The summed E-state index contributed by atoms with van der Waals surface area (Å²) in [6, 6.07) is 56.0. The number of aryl methyl sites for hydroxylation is 1. The van der Waals surface area contributed by atoms with Crippen molar-refractivity contribution in [3.8, 4) is 0 Å². The molecule has 0 atom stereocenters. The van der Waals surface area contributed by atoms with E-state index in [1.54, 1.807) is 0 Å². The summed E-state index contributed by atoms with van der Waals surface area (Å²) in [6.07, 6.45) is 7.06. The predicted octanol–water partition coefficient (Wildman–Crippen LogP) is 5.17. The standard InChI is InChI=1S/C24H20B.C17H21N2O/c1-5-13-21(14-6-1)25(22-15-7-2-8-16-22,23-17-9-3-10-18-23)24-19-11-4-12-20-24;1-18-11-9-16(10-12-18)4-3-15-5-7-17(8-6-15)19(2)13-14-20/h1-20H;3-12,20H,13-14H2,1-2H3/q-1;+1. The van der Waals surface area contributed by atoms with Gasteiger partial charge in [-0.15, -0.1) is 0 Å². The first-order chi connectivity index (χ1) is 22.1. The van der Waals surface area contributed by atoms with Gasteiger partial charge in [-0.25, -0.2) is 4.57 Å². The van der Waals surface area contributed by atoms with Crippen LogP contribution in [0.25, 0.3) is 12.2 Å².